The van der Waals surface area contributed by atoms with E-state index in [0.717, 1.165) is 41.0 Å². The Labute approximate surface area is 116 Å². The minimum atomic E-state index is 0.0321. The molecular formula is C14H17N3OS. The number of ether oxygens (including phenoxy) is 1. The maximum Gasteiger partial charge on any atom is 0.190 e. The van der Waals surface area contributed by atoms with Crippen LogP contribution in [0.15, 0.2) is 30.5 Å². The molecule has 1 unspecified atom stereocenters. The van der Waals surface area contributed by atoms with E-state index < -0.39 is 0 Å². The van der Waals surface area contributed by atoms with Gasteiger partial charge in [0.2, 0.25) is 0 Å². The monoisotopic (exact) mass is 275 g/mol. The summed E-state index contributed by atoms with van der Waals surface area (Å²) in [6.07, 6.45) is 2.86. The van der Waals surface area contributed by atoms with E-state index in [-0.39, 0.29) is 6.04 Å². The van der Waals surface area contributed by atoms with E-state index in [1.807, 2.05) is 31.3 Å². The SMILES string of the molecule is CC(N)c1cnc(N2CCCOc3ccccc32)s1. The molecule has 2 N–H and O–H groups in total. The van der Waals surface area contributed by atoms with Crippen molar-refractivity contribution in [2.24, 2.45) is 5.73 Å². The molecule has 0 fully saturated rings. The normalized spacial score (nSPS) is 16.4. The van der Waals surface area contributed by atoms with E-state index in [2.05, 4.69) is 16.0 Å². The third-order valence-electron chi connectivity index (χ3n) is 3.13. The number of hydrogen-bond donors (Lipinski definition) is 1. The predicted octanol–water partition coefficient (Wildman–Crippen LogP) is 3.08. The topological polar surface area (TPSA) is 51.4 Å². The van der Waals surface area contributed by atoms with E-state index in [1.165, 1.54) is 0 Å². The number of fused-ring (bicyclic) bond motifs is 1. The van der Waals surface area contributed by atoms with Crippen LogP contribution in [0.3, 0.4) is 0 Å². The maximum absolute atomic E-state index is 5.91. The van der Waals surface area contributed by atoms with E-state index >= 15 is 0 Å². The fraction of sp³-hybridized carbons (Fsp3) is 0.357. The highest BCUT2D eigenvalue weighted by atomic mass is 32.1. The molecule has 0 spiro atoms. The van der Waals surface area contributed by atoms with E-state index in [1.54, 1.807) is 11.3 Å². The Hall–Kier alpha value is -1.59. The van der Waals surface area contributed by atoms with Crippen molar-refractivity contribution in [2.45, 2.75) is 19.4 Å². The van der Waals surface area contributed by atoms with Crippen LogP contribution in [0.5, 0.6) is 5.75 Å². The van der Waals surface area contributed by atoms with Crippen LogP contribution in [0.2, 0.25) is 0 Å². The summed E-state index contributed by atoms with van der Waals surface area (Å²) in [4.78, 5) is 7.84. The van der Waals surface area contributed by atoms with Crippen molar-refractivity contribution >= 4 is 22.2 Å². The van der Waals surface area contributed by atoms with Gasteiger partial charge in [-0.2, -0.15) is 0 Å². The predicted molar refractivity (Wildman–Crippen MR) is 78.3 cm³/mol. The number of rotatable bonds is 2. The molecule has 2 heterocycles. The molecule has 0 aliphatic carbocycles. The van der Waals surface area contributed by atoms with E-state index in [0.29, 0.717) is 0 Å². The quantitative estimate of drug-likeness (QED) is 0.915. The van der Waals surface area contributed by atoms with Gasteiger partial charge in [-0.25, -0.2) is 4.98 Å². The van der Waals surface area contributed by atoms with Crippen molar-refractivity contribution in [3.8, 4) is 5.75 Å². The van der Waals surface area contributed by atoms with Crippen LogP contribution in [0.1, 0.15) is 24.3 Å². The van der Waals surface area contributed by atoms with Gasteiger partial charge in [-0.05, 0) is 25.5 Å². The first-order chi connectivity index (χ1) is 9.25. The smallest absolute Gasteiger partial charge is 0.190 e. The number of nitrogens with zero attached hydrogens (tertiary/aromatic N) is 2. The molecule has 5 heteroatoms. The Balaban J connectivity index is 1.99. The van der Waals surface area contributed by atoms with Gasteiger partial charge < -0.3 is 15.4 Å². The lowest BCUT2D eigenvalue weighted by molar-refractivity contribution is 0.322. The third kappa shape index (κ3) is 2.43. The second kappa shape index (κ2) is 5.19. The minimum Gasteiger partial charge on any atom is -0.491 e. The first kappa shape index (κ1) is 12.4. The fourth-order valence-electron chi connectivity index (χ4n) is 2.14. The molecule has 1 aliphatic rings. The molecule has 0 saturated carbocycles. The van der Waals surface area contributed by atoms with Gasteiger partial charge in [0.15, 0.2) is 5.13 Å². The number of hydrogen-bond acceptors (Lipinski definition) is 5. The zero-order chi connectivity index (χ0) is 13.2. The molecule has 1 aromatic heterocycles. The Morgan fingerprint density at radius 3 is 3.05 bits per heavy atom. The fourth-order valence-corrected chi connectivity index (χ4v) is 3.05. The van der Waals surface area contributed by atoms with Gasteiger partial charge in [-0.1, -0.05) is 23.5 Å². The van der Waals surface area contributed by atoms with Crippen LogP contribution in [-0.4, -0.2) is 18.1 Å². The van der Waals surface area contributed by atoms with E-state index in [4.69, 9.17) is 10.5 Å². The average Bonchev–Trinajstić information content (AvgIpc) is 2.80. The molecule has 1 atom stereocenters. The number of nitrogens with two attached hydrogens (primary N) is 1. The molecule has 0 radical (unpaired) electrons. The van der Waals surface area contributed by atoms with Crippen molar-refractivity contribution in [3.05, 3.63) is 35.3 Å². The molecule has 1 aromatic carbocycles. The summed E-state index contributed by atoms with van der Waals surface area (Å²) < 4.78 is 5.76. The van der Waals surface area contributed by atoms with Crippen LogP contribution in [-0.2, 0) is 0 Å². The summed E-state index contributed by atoms with van der Waals surface area (Å²) in [5, 5.41) is 0.991. The lowest BCUT2D eigenvalue weighted by Gasteiger charge is -2.20. The first-order valence-corrected chi connectivity index (χ1v) is 7.28. The number of benzene rings is 1. The minimum absolute atomic E-state index is 0.0321. The highest BCUT2D eigenvalue weighted by molar-refractivity contribution is 7.15. The summed E-state index contributed by atoms with van der Waals surface area (Å²) in [5.41, 5.74) is 7.00. The van der Waals surface area contributed by atoms with Gasteiger partial charge in [0, 0.05) is 23.7 Å². The Morgan fingerprint density at radius 2 is 2.26 bits per heavy atom. The molecule has 4 nitrogen and oxygen atoms in total. The standard InChI is InChI=1S/C14H17N3OS/c1-10(15)13-9-16-14(19-13)17-7-4-8-18-12-6-3-2-5-11(12)17/h2-3,5-6,9-10H,4,7-8,15H2,1H3. The summed E-state index contributed by atoms with van der Waals surface area (Å²) in [5.74, 6) is 0.928. The molecule has 2 aromatic rings. The zero-order valence-corrected chi connectivity index (χ0v) is 11.7. The van der Waals surface area contributed by atoms with Gasteiger partial charge in [0.1, 0.15) is 5.75 Å². The van der Waals surface area contributed by atoms with E-state index in [9.17, 15) is 0 Å². The van der Waals surface area contributed by atoms with Gasteiger partial charge in [0.25, 0.3) is 0 Å². The highest BCUT2D eigenvalue weighted by Gasteiger charge is 2.20. The number of para-hydroxylation sites is 2. The van der Waals surface area contributed by atoms with Gasteiger partial charge in [-0.3, -0.25) is 0 Å². The average molecular weight is 275 g/mol. The lowest BCUT2D eigenvalue weighted by atomic mass is 10.2. The first-order valence-electron chi connectivity index (χ1n) is 6.46. The third-order valence-corrected chi connectivity index (χ3v) is 4.35. The van der Waals surface area contributed by atoms with Gasteiger partial charge in [0.05, 0.1) is 12.3 Å². The molecule has 0 amide bonds. The van der Waals surface area contributed by atoms with Crippen molar-refractivity contribution in [1.29, 1.82) is 0 Å². The molecular weight excluding hydrogens is 258 g/mol. The zero-order valence-electron chi connectivity index (χ0n) is 10.9. The molecule has 1 aliphatic heterocycles. The Bertz CT molecular complexity index is 567. The Morgan fingerprint density at radius 1 is 1.42 bits per heavy atom. The highest BCUT2D eigenvalue weighted by Crippen LogP contribution is 2.38. The van der Waals surface area contributed by atoms with Crippen LogP contribution < -0.4 is 15.4 Å². The second-order valence-electron chi connectivity index (χ2n) is 4.66. The van der Waals surface area contributed by atoms with Crippen LogP contribution >= 0.6 is 11.3 Å². The molecule has 0 bridgehead atoms. The van der Waals surface area contributed by atoms with Crippen molar-refractivity contribution in [1.82, 2.24) is 4.98 Å². The van der Waals surface area contributed by atoms with Gasteiger partial charge >= 0.3 is 0 Å². The van der Waals surface area contributed by atoms with Crippen LogP contribution in [0.4, 0.5) is 10.8 Å². The molecule has 19 heavy (non-hydrogen) atoms. The lowest BCUT2D eigenvalue weighted by Crippen LogP contribution is -2.17. The largest absolute Gasteiger partial charge is 0.491 e. The summed E-state index contributed by atoms with van der Waals surface area (Å²) in [6.45, 7) is 3.65. The summed E-state index contributed by atoms with van der Waals surface area (Å²) in [7, 11) is 0. The molecule has 100 valence electrons. The van der Waals surface area contributed by atoms with Crippen LogP contribution in [0.25, 0.3) is 0 Å². The molecule has 3 rings (SSSR count). The number of thiazole rings is 1. The van der Waals surface area contributed by atoms with Crippen LogP contribution in [0, 0.1) is 0 Å². The molecule has 0 saturated heterocycles. The number of aromatic nitrogens is 1. The Kier molecular flexibility index (Phi) is 3.40. The maximum atomic E-state index is 5.91. The van der Waals surface area contributed by atoms with Gasteiger partial charge in [-0.15, -0.1) is 0 Å². The second-order valence-corrected chi connectivity index (χ2v) is 5.70. The summed E-state index contributed by atoms with van der Waals surface area (Å²) in [6, 6.07) is 8.14. The summed E-state index contributed by atoms with van der Waals surface area (Å²) >= 11 is 1.65. The van der Waals surface area contributed by atoms with Crippen molar-refractivity contribution in [2.75, 3.05) is 18.1 Å². The number of anilines is 2. The van der Waals surface area contributed by atoms with Crippen molar-refractivity contribution < 1.29 is 4.74 Å². The van der Waals surface area contributed by atoms with Crippen molar-refractivity contribution in [3.63, 3.8) is 0 Å².